The van der Waals surface area contributed by atoms with Gasteiger partial charge in [0.25, 0.3) is 0 Å². The van der Waals surface area contributed by atoms with Crippen molar-refractivity contribution in [3.8, 4) is 0 Å². The van der Waals surface area contributed by atoms with E-state index in [4.69, 9.17) is 5.73 Å². The zero-order chi connectivity index (χ0) is 14.1. The van der Waals surface area contributed by atoms with Crippen LogP contribution in [0.4, 0.5) is 0 Å². The summed E-state index contributed by atoms with van der Waals surface area (Å²) in [6.45, 7) is 1.85. The Kier molecular flexibility index (Phi) is 4.17. The average Bonchev–Trinajstić information content (AvgIpc) is 2.71. The van der Waals surface area contributed by atoms with Crippen molar-refractivity contribution in [2.45, 2.75) is 31.2 Å². The van der Waals surface area contributed by atoms with E-state index in [1.807, 2.05) is 0 Å². The predicted molar refractivity (Wildman–Crippen MR) is 71.6 cm³/mol. The summed E-state index contributed by atoms with van der Waals surface area (Å²) in [5.74, 6) is -0.478. The van der Waals surface area contributed by atoms with E-state index >= 15 is 0 Å². The summed E-state index contributed by atoms with van der Waals surface area (Å²) in [4.78, 5) is 13.4. The van der Waals surface area contributed by atoms with Crippen molar-refractivity contribution in [3.63, 3.8) is 0 Å². The first-order valence-electron chi connectivity index (χ1n) is 6.78. The second-order valence-corrected chi connectivity index (χ2v) is 8.02. The second kappa shape index (κ2) is 5.38. The molecule has 110 valence electrons. The van der Waals surface area contributed by atoms with Crippen molar-refractivity contribution in [1.29, 1.82) is 0 Å². The van der Waals surface area contributed by atoms with Crippen molar-refractivity contribution >= 4 is 15.8 Å². The smallest absolute Gasteiger partial charge is 0.323 e. The quantitative estimate of drug-likeness (QED) is 0.736. The Labute approximate surface area is 113 Å². The minimum Gasteiger partial charge on any atom is -0.480 e. The van der Waals surface area contributed by atoms with Crippen LogP contribution in [0.1, 0.15) is 25.7 Å². The molecule has 1 heterocycles. The zero-order valence-corrected chi connectivity index (χ0v) is 11.9. The van der Waals surface area contributed by atoms with Gasteiger partial charge in [0, 0.05) is 13.1 Å². The van der Waals surface area contributed by atoms with Gasteiger partial charge in [0.15, 0.2) is 9.84 Å². The molecule has 6 nitrogen and oxygen atoms in total. The Hall–Kier alpha value is -0.660. The maximum absolute atomic E-state index is 11.3. The van der Waals surface area contributed by atoms with Crippen LogP contribution < -0.4 is 5.73 Å². The first-order valence-corrected chi connectivity index (χ1v) is 8.61. The highest BCUT2D eigenvalue weighted by Gasteiger charge is 2.45. The van der Waals surface area contributed by atoms with Gasteiger partial charge in [-0.1, -0.05) is 6.42 Å². The van der Waals surface area contributed by atoms with Crippen LogP contribution in [0.3, 0.4) is 0 Å². The number of sulfone groups is 1. The Morgan fingerprint density at radius 3 is 2.58 bits per heavy atom. The normalized spacial score (nSPS) is 35.3. The van der Waals surface area contributed by atoms with Gasteiger partial charge in [-0.25, -0.2) is 8.42 Å². The molecule has 2 unspecified atom stereocenters. The van der Waals surface area contributed by atoms with E-state index in [1.165, 1.54) is 0 Å². The lowest BCUT2D eigenvalue weighted by atomic mass is 9.85. The summed E-state index contributed by atoms with van der Waals surface area (Å²) in [5.41, 5.74) is 4.91. The lowest BCUT2D eigenvalue weighted by molar-refractivity contribution is -0.144. The van der Waals surface area contributed by atoms with Gasteiger partial charge in [-0.15, -0.1) is 0 Å². The molecular weight excluding hydrogens is 268 g/mol. The fourth-order valence-corrected chi connectivity index (χ4v) is 4.38. The van der Waals surface area contributed by atoms with E-state index in [2.05, 4.69) is 4.90 Å². The highest BCUT2D eigenvalue weighted by molar-refractivity contribution is 7.91. The minimum absolute atomic E-state index is 0.00327. The van der Waals surface area contributed by atoms with E-state index in [0.29, 0.717) is 19.5 Å². The van der Waals surface area contributed by atoms with Crippen LogP contribution in [-0.4, -0.2) is 61.1 Å². The van der Waals surface area contributed by atoms with Crippen LogP contribution in [0, 0.1) is 5.92 Å². The largest absolute Gasteiger partial charge is 0.480 e. The molecular formula is C12H22N2O4S. The number of hydrogen-bond acceptors (Lipinski definition) is 5. The molecule has 0 radical (unpaired) electrons. The van der Waals surface area contributed by atoms with Crippen molar-refractivity contribution in [2.24, 2.45) is 11.7 Å². The number of nitrogens with two attached hydrogens (primary N) is 1. The molecule has 19 heavy (non-hydrogen) atoms. The number of nitrogens with zero attached hydrogens (tertiary/aromatic N) is 1. The number of carbonyl (C=O) groups is 1. The lowest BCUT2D eigenvalue weighted by Crippen LogP contribution is -2.52. The lowest BCUT2D eigenvalue weighted by Gasteiger charge is -2.31. The molecule has 0 aromatic rings. The third-order valence-electron chi connectivity index (χ3n) is 4.50. The molecule has 1 aliphatic heterocycles. The fraction of sp³-hybridized carbons (Fsp3) is 0.917. The number of carboxylic acid groups (broad SMARTS) is 1. The van der Waals surface area contributed by atoms with Gasteiger partial charge in [0.2, 0.25) is 0 Å². The van der Waals surface area contributed by atoms with E-state index in [0.717, 1.165) is 25.8 Å². The minimum atomic E-state index is -2.85. The summed E-state index contributed by atoms with van der Waals surface area (Å²) in [6.07, 6.45) is 3.00. The SMILES string of the molecule is NC1(C(=O)O)CCCC1CCN1CCS(=O)(=O)CC1. The first-order chi connectivity index (χ1) is 8.83. The average molecular weight is 290 g/mol. The number of hydrogen-bond donors (Lipinski definition) is 2. The summed E-state index contributed by atoms with van der Waals surface area (Å²) in [7, 11) is -2.85. The highest BCUT2D eigenvalue weighted by atomic mass is 32.2. The van der Waals surface area contributed by atoms with Gasteiger partial charge >= 0.3 is 5.97 Å². The first kappa shape index (κ1) is 14.7. The summed E-state index contributed by atoms with van der Waals surface area (Å²) < 4.78 is 22.6. The molecule has 0 bridgehead atoms. The molecule has 2 aliphatic rings. The molecule has 0 aromatic heterocycles. The van der Waals surface area contributed by atoms with E-state index < -0.39 is 21.3 Å². The van der Waals surface area contributed by atoms with Crippen molar-refractivity contribution in [1.82, 2.24) is 4.90 Å². The van der Waals surface area contributed by atoms with Crippen LogP contribution in [0.15, 0.2) is 0 Å². The predicted octanol–water partition coefficient (Wildman–Crippen LogP) is -0.311. The molecule has 2 rings (SSSR count). The molecule has 1 saturated carbocycles. The van der Waals surface area contributed by atoms with E-state index in [-0.39, 0.29) is 17.4 Å². The molecule has 0 aromatic carbocycles. The number of carboxylic acids is 1. The van der Waals surface area contributed by atoms with Crippen molar-refractivity contribution < 1.29 is 18.3 Å². The van der Waals surface area contributed by atoms with Crippen LogP contribution in [-0.2, 0) is 14.6 Å². The highest BCUT2D eigenvalue weighted by Crippen LogP contribution is 2.36. The van der Waals surface area contributed by atoms with Gasteiger partial charge in [0.05, 0.1) is 11.5 Å². The van der Waals surface area contributed by atoms with Crippen LogP contribution in [0.25, 0.3) is 0 Å². The van der Waals surface area contributed by atoms with Gasteiger partial charge in [0.1, 0.15) is 5.54 Å². The van der Waals surface area contributed by atoms with Gasteiger partial charge in [-0.3, -0.25) is 4.79 Å². The Morgan fingerprint density at radius 2 is 2.00 bits per heavy atom. The topological polar surface area (TPSA) is 101 Å². The Bertz CT molecular complexity index is 437. The standard InChI is InChI=1S/C12H22N2O4S/c13-12(11(15)16)4-1-2-10(12)3-5-14-6-8-19(17,18)9-7-14/h10H,1-9,13H2,(H,15,16). The van der Waals surface area contributed by atoms with Gasteiger partial charge in [-0.2, -0.15) is 0 Å². The van der Waals surface area contributed by atoms with Crippen molar-refractivity contribution in [2.75, 3.05) is 31.1 Å². The van der Waals surface area contributed by atoms with Crippen LogP contribution >= 0.6 is 0 Å². The molecule has 2 atom stereocenters. The molecule has 0 amide bonds. The summed E-state index contributed by atoms with van der Waals surface area (Å²) >= 11 is 0. The summed E-state index contributed by atoms with van der Waals surface area (Å²) in [6, 6.07) is 0. The molecule has 2 fully saturated rings. The molecule has 7 heteroatoms. The van der Waals surface area contributed by atoms with Crippen LogP contribution in [0.2, 0.25) is 0 Å². The van der Waals surface area contributed by atoms with E-state index in [1.54, 1.807) is 0 Å². The molecule has 3 N–H and O–H groups in total. The van der Waals surface area contributed by atoms with Gasteiger partial charge in [-0.05, 0) is 31.7 Å². The maximum atomic E-state index is 11.3. The Balaban J connectivity index is 1.84. The van der Waals surface area contributed by atoms with Gasteiger partial charge < -0.3 is 15.7 Å². The van der Waals surface area contributed by atoms with E-state index in [9.17, 15) is 18.3 Å². The molecule has 1 aliphatic carbocycles. The zero-order valence-electron chi connectivity index (χ0n) is 11.0. The number of aliphatic carboxylic acids is 1. The monoisotopic (exact) mass is 290 g/mol. The van der Waals surface area contributed by atoms with Crippen LogP contribution in [0.5, 0.6) is 0 Å². The molecule has 0 spiro atoms. The fourth-order valence-electron chi connectivity index (χ4n) is 3.10. The number of rotatable bonds is 4. The van der Waals surface area contributed by atoms with Crippen molar-refractivity contribution in [3.05, 3.63) is 0 Å². The second-order valence-electron chi connectivity index (χ2n) is 5.72. The third kappa shape index (κ3) is 3.27. The third-order valence-corrected chi connectivity index (χ3v) is 6.11. The summed E-state index contributed by atoms with van der Waals surface area (Å²) in [5, 5.41) is 9.23. The molecule has 1 saturated heterocycles. The Morgan fingerprint density at radius 1 is 1.37 bits per heavy atom. The maximum Gasteiger partial charge on any atom is 0.323 e.